The lowest BCUT2D eigenvalue weighted by atomic mass is 9.97. The highest BCUT2D eigenvalue weighted by Gasteiger charge is 2.17. The summed E-state index contributed by atoms with van der Waals surface area (Å²) < 4.78 is 5.84. The molecule has 1 aromatic carbocycles. The van der Waals surface area contributed by atoms with Gasteiger partial charge in [0, 0.05) is 32.4 Å². The monoisotopic (exact) mass is 348 g/mol. The minimum absolute atomic E-state index is 0.127. The van der Waals surface area contributed by atoms with E-state index in [1.807, 2.05) is 18.2 Å². The number of hydrogen-bond acceptors (Lipinski definition) is 3. The van der Waals surface area contributed by atoms with Crippen molar-refractivity contribution in [1.29, 1.82) is 0 Å². The van der Waals surface area contributed by atoms with Gasteiger partial charge < -0.3 is 9.32 Å². The maximum atomic E-state index is 12.6. The average molecular weight is 348 g/mol. The Kier molecular flexibility index (Phi) is 5.21. The van der Waals surface area contributed by atoms with Crippen LogP contribution in [-0.4, -0.2) is 22.8 Å². The zero-order valence-electron chi connectivity index (χ0n) is 15.7. The Morgan fingerprint density at radius 1 is 1.12 bits per heavy atom. The predicted molar refractivity (Wildman–Crippen MR) is 102 cm³/mol. The zero-order chi connectivity index (χ0) is 18.7. The number of amides is 1. The number of pyridine rings is 1. The molecule has 0 N–H and O–H groups in total. The number of furan rings is 1. The standard InChI is InChI=1S/C22H24N2O2/c1-15-10-16(2)20(17(3)11-15)12-19-7-8-21(26-19)22(25)24(4)14-18-6-5-9-23-13-18/h5-11,13H,12,14H2,1-4H3. The van der Waals surface area contributed by atoms with Crippen LogP contribution in [0.5, 0.6) is 0 Å². The van der Waals surface area contributed by atoms with Gasteiger partial charge in [-0.1, -0.05) is 23.8 Å². The van der Waals surface area contributed by atoms with E-state index in [0.29, 0.717) is 18.7 Å². The molecule has 0 aliphatic heterocycles. The Balaban J connectivity index is 1.72. The van der Waals surface area contributed by atoms with Gasteiger partial charge in [-0.05, 0) is 61.2 Å². The minimum Gasteiger partial charge on any atom is -0.456 e. The first kappa shape index (κ1) is 17.9. The van der Waals surface area contributed by atoms with E-state index >= 15 is 0 Å². The van der Waals surface area contributed by atoms with Gasteiger partial charge in [-0.15, -0.1) is 0 Å². The zero-order valence-corrected chi connectivity index (χ0v) is 15.7. The van der Waals surface area contributed by atoms with E-state index in [1.54, 1.807) is 30.4 Å². The third kappa shape index (κ3) is 4.02. The second-order valence-electron chi connectivity index (χ2n) is 6.84. The lowest BCUT2D eigenvalue weighted by molar-refractivity contribution is 0.0751. The maximum absolute atomic E-state index is 12.6. The molecule has 3 rings (SSSR count). The highest BCUT2D eigenvalue weighted by Crippen LogP contribution is 2.22. The van der Waals surface area contributed by atoms with Crippen LogP contribution in [0.15, 0.2) is 53.2 Å². The van der Waals surface area contributed by atoms with E-state index in [2.05, 4.69) is 37.9 Å². The van der Waals surface area contributed by atoms with Gasteiger partial charge in [-0.2, -0.15) is 0 Å². The molecule has 0 unspecified atom stereocenters. The number of aryl methyl sites for hydroxylation is 3. The summed E-state index contributed by atoms with van der Waals surface area (Å²) in [4.78, 5) is 18.3. The molecular formula is C22H24N2O2. The fourth-order valence-corrected chi connectivity index (χ4v) is 3.28. The molecule has 1 amide bonds. The fourth-order valence-electron chi connectivity index (χ4n) is 3.28. The summed E-state index contributed by atoms with van der Waals surface area (Å²) in [6.07, 6.45) is 4.18. The number of benzene rings is 1. The van der Waals surface area contributed by atoms with Crippen LogP contribution < -0.4 is 0 Å². The van der Waals surface area contributed by atoms with Crippen molar-refractivity contribution in [3.05, 3.63) is 88.1 Å². The van der Waals surface area contributed by atoms with E-state index in [9.17, 15) is 4.79 Å². The van der Waals surface area contributed by atoms with E-state index < -0.39 is 0 Å². The van der Waals surface area contributed by atoms with Crippen LogP contribution in [0.1, 0.15) is 44.1 Å². The van der Waals surface area contributed by atoms with E-state index in [0.717, 1.165) is 11.3 Å². The van der Waals surface area contributed by atoms with Crippen molar-refractivity contribution in [3.8, 4) is 0 Å². The van der Waals surface area contributed by atoms with Crippen LogP contribution >= 0.6 is 0 Å². The van der Waals surface area contributed by atoms with Crippen molar-refractivity contribution in [2.75, 3.05) is 7.05 Å². The molecule has 0 saturated carbocycles. The summed E-state index contributed by atoms with van der Waals surface area (Å²) in [5, 5.41) is 0. The van der Waals surface area contributed by atoms with Crippen molar-refractivity contribution in [2.24, 2.45) is 0 Å². The molecule has 2 aromatic heterocycles. The van der Waals surface area contributed by atoms with Gasteiger partial charge in [-0.25, -0.2) is 0 Å². The lowest BCUT2D eigenvalue weighted by Crippen LogP contribution is -2.25. The van der Waals surface area contributed by atoms with Gasteiger partial charge in [0.05, 0.1) is 0 Å². The van der Waals surface area contributed by atoms with Crippen molar-refractivity contribution < 1.29 is 9.21 Å². The molecule has 0 aliphatic carbocycles. The number of nitrogens with zero attached hydrogens (tertiary/aromatic N) is 2. The SMILES string of the molecule is Cc1cc(C)c(Cc2ccc(C(=O)N(C)Cc3cccnc3)o2)c(C)c1. The van der Waals surface area contributed by atoms with Crippen LogP contribution in [0, 0.1) is 20.8 Å². The predicted octanol–water partition coefficient (Wildman–Crippen LogP) is 4.46. The first-order chi connectivity index (χ1) is 12.4. The van der Waals surface area contributed by atoms with Crippen molar-refractivity contribution in [2.45, 2.75) is 33.7 Å². The van der Waals surface area contributed by atoms with Gasteiger partial charge in [0.1, 0.15) is 5.76 Å². The van der Waals surface area contributed by atoms with Gasteiger partial charge in [-0.3, -0.25) is 9.78 Å². The molecule has 4 heteroatoms. The van der Waals surface area contributed by atoms with Gasteiger partial charge in [0.15, 0.2) is 5.76 Å². The Bertz CT molecular complexity index is 890. The fraction of sp³-hybridized carbons (Fsp3) is 0.273. The van der Waals surface area contributed by atoms with Gasteiger partial charge in [0.25, 0.3) is 5.91 Å². The summed E-state index contributed by atoms with van der Waals surface area (Å²) in [7, 11) is 1.77. The Morgan fingerprint density at radius 3 is 2.50 bits per heavy atom. The van der Waals surface area contributed by atoms with Crippen molar-refractivity contribution >= 4 is 5.91 Å². The molecule has 26 heavy (non-hydrogen) atoms. The molecule has 0 saturated heterocycles. The second kappa shape index (κ2) is 7.56. The van der Waals surface area contributed by atoms with Crippen molar-refractivity contribution in [3.63, 3.8) is 0 Å². The largest absolute Gasteiger partial charge is 0.456 e. The summed E-state index contributed by atoms with van der Waals surface area (Å²) >= 11 is 0. The highest BCUT2D eigenvalue weighted by molar-refractivity contribution is 5.91. The van der Waals surface area contributed by atoms with E-state index in [-0.39, 0.29) is 5.91 Å². The topological polar surface area (TPSA) is 46.3 Å². The number of carbonyl (C=O) groups is 1. The van der Waals surface area contributed by atoms with Gasteiger partial charge >= 0.3 is 0 Å². The second-order valence-corrected chi connectivity index (χ2v) is 6.84. The molecule has 0 spiro atoms. The Morgan fingerprint density at radius 2 is 1.85 bits per heavy atom. The minimum atomic E-state index is -0.127. The summed E-state index contributed by atoms with van der Waals surface area (Å²) in [5.41, 5.74) is 6.01. The van der Waals surface area contributed by atoms with Crippen LogP contribution in [0.3, 0.4) is 0 Å². The third-order valence-electron chi connectivity index (χ3n) is 4.55. The first-order valence-electron chi connectivity index (χ1n) is 8.74. The Hall–Kier alpha value is -2.88. The molecule has 3 aromatic rings. The van der Waals surface area contributed by atoms with E-state index in [1.165, 1.54) is 22.3 Å². The molecule has 0 radical (unpaired) electrons. The molecule has 0 aliphatic rings. The molecule has 0 bridgehead atoms. The van der Waals surface area contributed by atoms with Gasteiger partial charge in [0.2, 0.25) is 0 Å². The van der Waals surface area contributed by atoms with Crippen LogP contribution in [-0.2, 0) is 13.0 Å². The summed E-state index contributed by atoms with van der Waals surface area (Å²) in [5.74, 6) is 1.05. The normalized spacial score (nSPS) is 10.8. The van der Waals surface area contributed by atoms with Crippen LogP contribution in [0.2, 0.25) is 0 Å². The van der Waals surface area contributed by atoms with Crippen molar-refractivity contribution in [1.82, 2.24) is 9.88 Å². The average Bonchev–Trinajstić information content (AvgIpc) is 3.07. The molecule has 134 valence electrons. The quantitative estimate of drug-likeness (QED) is 0.684. The number of aromatic nitrogens is 1. The Labute approximate surface area is 154 Å². The van der Waals surface area contributed by atoms with Crippen LogP contribution in [0.25, 0.3) is 0 Å². The van der Waals surface area contributed by atoms with Crippen LogP contribution in [0.4, 0.5) is 0 Å². The van der Waals surface area contributed by atoms with E-state index in [4.69, 9.17) is 4.42 Å². The maximum Gasteiger partial charge on any atom is 0.289 e. The lowest BCUT2D eigenvalue weighted by Gasteiger charge is -2.15. The summed E-state index contributed by atoms with van der Waals surface area (Å²) in [6.45, 7) is 6.84. The first-order valence-corrected chi connectivity index (χ1v) is 8.74. The molecule has 2 heterocycles. The number of hydrogen-bond donors (Lipinski definition) is 0. The molecule has 4 nitrogen and oxygen atoms in total. The highest BCUT2D eigenvalue weighted by atomic mass is 16.4. The molecule has 0 atom stereocenters. The molecule has 0 fully saturated rings. The summed E-state index contributed by atoms with van der Waals surface area (Å²) in [6, 6.07) is 11.8. The number of carbonyl (C=O) groups excluding carboxylic acids is 1. The molecular weight excluding hydrogens is 324 g/mol. The number of rotatable bonds is 5. The third-order valence-corrected chi connectivity index (χ3v) is 4.55. The smallest absolute Gasteiger partial charge is 0.289 e.